The molecule has 0 N–H and O–H groups in total. The topological polar surface area (TPSA) is 65.8 Å². The first-order valence-electron chi connectivity index (χ1n) is 11.2. The third-order valence-corrected chi connectivity index (χ3v) is 6.61. The van der Waals surface area contributed by atoms with Gasteiger partial charge in [-0.2, -0.15) is 0 Å². The average molecular weight is 427 g/mol. The first-order chi connectivity index (χ1) is 14.4. The molecule has 31 heavy (non-hydrogen) atoms. The molecule has 0 aliphatic carbocycles. The third kappa shape index (κ3) is 4.33. The quantitative estimate of drug-likeness (QED) is 0.680. The van der Waals surface area contributed by atoms with E-state index in [4.69, 9.17) is 19.0 Å². The van der Waals surface area contributed by atoms with Crippen LogP contribution >= 0.6 is 0 Å². The Morgan fingerprint density at radius 3 is 2.35 bits per heavy atom. The van der Waals surface area contributed by atoms with Gasteiger partial charge in [-0.15, -0.1) is 0 Å². The summed E-state index contributed by atoms with van der Waals surface area (Å²) in [6.45, 7) is 15.3. The summed E-state index contributed by atoms with van der Waals surface area (Å²) >= 11 is 0. The minimum Gasteiger partial charge on any atom is -0.444 e. The van der Waals surface area contributed by atoms with Crippen LogP contribution in [0.15, 0.2) is 24.5 Å². The molecule has 0 unspecified atom stereocenters. The van der Waals surface area contributed by atoms with Gasteiger partial charge < -0.3 is 23.5 Å². The molecule has 2 aromatic rings. The normalized spacial score (nSPS) is 21.6. The molecule has 8 heteroatoms. The molecule has 0 bridgehead atoms. The van der Waals surface area contributed by atoms with E-state index in [0.29, 0.717) is 19.1 Å². The molecule has 168 valence electrons. The molecule has 4 heterocycles. The number of nitrogens with zero attached hydrogens (tertiary/aromatic N) is 3. The van der Waals surface area contributed by atoms with E-state index in [2.05, 4.69) is 50.6 Å². The van der Waals surface area contributed by atoms with Gasteiger partial charge in [0.15, 0.2) is 0 Å². The number of hydrogen-bond acceptors (Lipinski definition) is 5. The lowest BCUT2D eigenvalue weighted by molar-refractivity contribution is 0.00578. The number of fused-ring (bicyclic) bond motifs is 1. The van der Waals surface area contributed by atoms with E-state index in [1.165, 1.54) is 0 Å². The highest BCUT2D eigenvalue weighted by Gasteiger charge is 2.51. The minimum absolute atomic E-state index is 0.228. The summed E-state index contributed by atoms with van der Waals surface area (Å²) in [7, 11) is -0.415. The lowest BCUT2D eigenvalue weighted by Gasteiger charge is -2.34. The minimum atomic E-state index is -0.469. The van der Waals surface area contributed by atoms with Crippen LogP contribution in [0.3, 0.4) is 0 Å². The van der Waals surface area contributed by atoms with Gasteiger partial charge in [-0.05, 0) is 73.4 Å². The van der Waals surface area contributed by atoms with Crippen LogP contribution in [-0.4, -0.2) is 57.6 Å². The van der Waals surface area contributed by atoms with Gasteiger partial charge in [0.05, 0.1) is 11.2 Å². The maximum atomic E-state index is 12.3. The molecule has 0 spiro atoms. The zero-order chi connectivity index (χ0) is 22.6. The molecule has 2 aromatic heterocycles. The Morgan fingerprint density at radius 2 is 1.77 bits per heavy atom. The summed E-state index contributed by atoms with van der Waals surface area (Å²) < 4.78 is 20.1. The predicted octanol–water partition coefficient (Wildman–Crippen LogP) is 3.91. The van der Waals surface area contributed by atoms with Crippen molar-refractivity contribution in [3.05, 3.63) is 24.5 Å². The van der Waals surface area contributed by atoms with Crippen molar-refractivity contribution in [1.82, 2.24) is 14.5 Å². The highest BCUT2D eigenvalue weighted by atomic mass is 16.7. The SMILES string of the molecule is CC(C)(C)OC(=O)N1CCC(n2ccc3cc(B4OC(C)(C)C(C)(C)O4)cnc32)CC1. The number of ether oxygens (including phenoxy) is 1. The molecule has 1 amide bonds. The fourth-order valence-corrected chi connectivity index (χ4v) is 4.12. The summed E-state index contributed by atoms with van der Waals surface area (Å²) in [6, 6.07) is 4.51. The first kappa shape index (κ1) is 22.2. The maximum absolute atomic E-state index is 12.3. The second-order valence-electron chi connectivity index (χ2n) is 10.7. The highest BCUT2D eigenvalue weighted by Crippen LogP contribution is 2.36. The van der Waals surface area contributed by atoms with E-state index in [0.717, 1.165) is 29.3 Å². The van der Waals surface area contributed by atoms with Gasteiger partial charge in [-0.3, -0.25) is 0 Å². The van der Waals surface area contributed by atoms with Crippen molar-refractivity contribution in [3.8, 4) is 0 Å². The fraction of sp³-hybridized carbons (Fsp3) is 0.652. The van der Waals surface area contributed by atoms with Crippen LogP contribution < -0.4 is 5.46 Å². The van der Waals surface area contributed by atoms with Gasteiger partial charge in [-0.25, -0.2) is 9.78 Å². The summed E-state index contributed by atoms with van der Waals surface area (Å²) in [5, 5.41) is 1.07. The molecule has 2 fully saturated rings. The maximum Gasteiger partial charge on any atom is 0.496 e. The van der Waals surface area contributed by atoms with Crippen molar-refractivity contribution in [2.24, 2.45) is 0 Å². The number of aromatic nitrogens is 2. The summed E-state index contributed by atoms with van der Waals surface area (Å²) in [5.74, 6) is 0. The average Bonchev–Trinajstić information content (AvgIpc) is 3.17. The van der Waals surface area contributed by atoms with Crippen molar-refractivity contribution < 1.29 is 18.8 Å². The zero-order valence-electron chi connectivity index (χ0n) is 19.8. The molecule has 2 aliphatic heterocycles. The molecular formula is C23H34BN3O4. The molecule has 0 atom stereocenters. The van der Waals surface area contributed by atoms with Crippen molar-refractivity contribution in [2.75, 3.05) is 13.1 Å². The monoisotopic (exact) mass is 427 g/mol. The number of amides is 1. The van der Waals surface area contributed by atoms with Crippen LogP contribution in [0.1, 0.15) is 67.3 Å². The number of carbonyl (C=O) groups is 1. The van der Waals surface area contributed by atoms with Crippen LogP contribution in [0.4, 0.5) is 4.79 Å². The Balaban J connectivity index is 1.46. The zero-order valence-corrected chi connectivity index (χ0v) is 19.8. The van der Waals surface area contributed by atoms with E-state index in [9.17, 15) is 4.79 Å². The second-order valence-corrected chi connectivity index (χ2v) is 10.7. The van der Waals surface area contributed by atoms with Gasteiger partial charge in [0.25, 0.3) is 0 Å². The van der Waals surface area contributed by atoms with Gasteiger partial charge >= 0.3 is 13.2 Å². The van der Waals surface area contributed by atoms with Crippen LogP contribution in [0.25, 0.3) is 11.0 Å². The van der Waals surface area contributed by atoms with Crippen molar-refractivity contribution >= 4 is 29.7 Å². The second kappa shape index (κ2) is 7.52. The number of likely N-dealkylation sites (tertiary alicyclic amines) is 1. The van der Waals surface area contributed by atoms with E-state index in [1.54, 1.807) is 4.90 Å². The summed E-state index contributed by atoms with van der Waals surface area (Å²) in [6.07, 6.45) is 5.48. The van der Waals surface area contributed by atoms with Gasteiger partial charge in [0.2, 0.25) is 0 Å². The Kier molecular flexibility index (Phi) is 5.37. The van der Waals surface area contributed by atoms with Crippen LogP contribution in [0, 0.1) is 0 Å². The number of piperidine rings is 1. The smallest absolute Gasteiger partial charge is 0.444 e. The van der Waals surface area contributed by atoms with Crippen molar-refractivity contribution in [1.29, 1.82) is 0 Å². The largest absolute Gasteiger partial charge is 0.496 e. The molecule has 4 rings (SSSR count). The fourth-order valence-electron chi connectivity index (χ4n) is 4.12. The van der Waals surface area contributed by atoms with Crippen LogP contribution in [0.5, 0.6) is 0 Å². The molecule has 2 aliphatic rings. The molecule has 0 aromatic carbocycles. The van der Waals surface area contributed by atoms with Gasteiger partial charge in [0.1, 0.15) is 11.2 Å². The van der Waals surface area contributed by atoms with E-state index < -0.39 is 12.7 Å². The lowest BCUT2D eigenvalue weighted by Crippen LogP contribution is -2.42. The Hall–Kier alpha value is -2.06. The summed E-state index contributed by atoms with van der Waals surface area (Å²) in [4.78, 5) is 18.9. The first-order valence-corrected chi connectivity index (χ1v) is 11.2. The van der Waals surface area contributed by atoms with Crippen LogP contribution in [0.2, 0.25) is 0 Å². The van der Waals surface area contributed by atoms with Crippen molar-refractivity contribution in [2.45, 2.75) is 84.2 Å². The number of carbonyl (C=O) groups excluding carboxylic acids is 1. The van der Waals surface area contributed by atoms with Crippen LogP contribution in [-0.2, 0) is 14.0 Å². The third-order valence-electron chi connectivity index (χ3n) is 6.61. The van der Waals surface area contributed by atoms with Crippen molar-refractivity contribution in [3.63, 3.8) is 0 Å². The van der Waals surface area contributed by atoms with Gasteiger partial charge in [0, 0.05) is 42.4 Å². The molecule has 7 nitrogen and oxygen atoms in total. The molecule has 0 radical (unpaired) electrons. The Labute approximate surface area is 185 Å². The Morgan fingerprint density at radius 1 is 1.16 bits per heavy atom. The van der Waals surface area contributed by atoms with Gasteiger partial charge in [-0.1, -0.05) is 0 Å². The number of hydrogen-bond donors (Lipinski definition) is 0. The van der Waals surface area contributed by atoms with E-state index >= 15 is 0 Å². The Bertz CT molecular complexity index is 955. The molecular weight excluding hydrogens is 393 g/mol. The molecule has 0 saturated carbocycles. The lowest BCUT2D eigenvalue weighted by atomic mass is 9.80. The van der Waals surface area contributed by atoms with E-state index in [1.807, 2.05) is 27.0 Å². The standard InChI is InChI=1S/C23H34BN3O4/c1-21(2,3)29-20(28)26-11-9-18(10-12-26)27-13-8-16-14-17(15-25-19(16)27)24-30-22(4,5)23(6,7)31-24/h8,13-15,18H,9-12H2,1-7H3. The highest BCUT2D eigenvalue weighted by molar-refractivity contribution is 6.62. The number of rotatable bonds is 2. The molecule has 2 saturated heterocycles. The summed E-state index contributed by atoms with van der Waals surface area (Å²) in [5.41, 5.74) is 0.671. The predicted molar refractivity (Wildman–Crippen MR) is 122 cm³/mol. The number of pyridine rings is 1. The van der Waals surface area contributed by atoms with E-state index in [-0.39, 0.29) is 17.3 Å².